The Bertz CT molecular complexity index is 581. The molecule has 0 spiro atoms. The molecule has 4 amide bonds. The summed E-state index contributed by atoms with van der Waals surface area (Å²) in [6, 6.07) is -3.92. The fourth-order valence-electron chi connectivity index (χ4n) is 1.74. The zero-order chi connectivity index (χ0) is 21.0. The van der Waals surface area contributed by atoms with Crippen LogP contribution in [0.3, 0.4) is 0 Å². The van der Waals surface area contributed by atoms with Gasteiger partial charge in [0.2, 0.25) is 24.1 Å². The lowest BCUT2D eigenvalue weighted by Crippen LogP contribution is -2.55. The highest BCUT2D eigenvalue weighted by Crippen LogP contribution is 1.99. The van der Waals surface area contributed by atoms with E-state index in [1.54, 1.807) is 0 Å². The summed E-state index contributed by atoms with van der Waals surface area (Å²) in [7, 11) is 0. The molecule has 0 bridgehead atoms. The Morgan fingerprint density at radius 1 is 1.00 bits per heavy atom. The van der Waals surface area contributed by atoms with E-state index in [1.807, 2.05) is 5.32 Å². The second-order valence-electron chi connectivity index (χ2n) is 5.36. The first-order valence-corrected chi connectivity index (χ1v) is 7.74. The van der Waals surface area contributed by atoms with E-state index in [4.69, 9.17) is 10.2 Å². The Kier molecular flexibility index (Phi) is 10.7. The number of rotatable bonds is 13. The van der Waals surface area contributed by atoms with Gasteiger partial charge in [-0.3, -0.25) is 24.0 Å². The minimum absolute atomic E-state index is 0.305. The SMILES string of the molecule is C[C@H](NC=O)C(=O)NCC(=O)N[C@H](CO)C(=O)N[C@H](CCC(=O)O)C(=O)O. The number of nitrogens with one attached hydrogen (secondary N) is 4. The van der Waals surface area contributed by atoms with E-state index < -0.39 is 67.4 Å². The third kappa shape index (κ3) is 9.74. The van der Waals surface area contributed by atoms with Crippen LogP contribution in [0.25, 0.3) is 0 Å². The van der Waals surface area contributed by atoms with Crippen molar-refractivity contribution in [3.63, 3.8) is 0 Å². The smallest absolute Gasteiger partial charge is 0.326 e. The number of carbonyl (C=O) groups excluding carboxylic acids is 4. The van der Waals surface area contributed by atoms with E-state index in [9.17, 15) is 33.9 Å². The van der Waals surface area contributed by atoms with Crippen molar-refractivity contribution in [3.8, 4) is 0 Å². The Morgan fingerprint density at radius 3 is 2.11 bits per heavy atom. The van der Waals surface area contributed by atoms with E-state index in [0.717, 1.165) is 0 Å². The molecule has 0 fully saturated rings. The lowest BCUT2D eigenvalue weighted by Gasteiger charge is -2.20. The molecule has 0 aromatic rings. The fourth-order valence-corrected chi connectivity index (χ4v) is 1.74. The maximum absolute atomic E-state index is 12.0. The highest BCUT2D eigenvalue weighted by atomic mass is 16.4. The van der Waals surface area contributed by atoms with Crippen molar-refractivity contribution < 1.29 is 44.1 Å². The van der Waals surface area contributed by atoms with Crippen molar-refractivity contribution >= 4 is 36.1 Å². The summed E-state index contributed by atoms with van der Waals surface area (Å²) >= 11 is 0. The number of amides is 4. The number of carboxylic acids is 2. The van der Waals surface area contributed by atoms with Crippen LogP contribution in [0.1, 0.15) is 19.8 Å². The van der Waals surface area contributed by atoms with Gasteiger partial charge in [0.25, 0.3) is 0 Å². The number of aliphatic carboxylic acids is 2. The van der Waals surface area contributed by atoms with Crippen LogP contribution in [0.15, 0.2) is 0 Å². The first-order valence-electron chi connectivity index (χ1n) is 7.74. The first-order chi connectivity index (χ1) is 12.6. The van der Waals surface area contributed by atoms with Gasteiger partial charge < -0.3 is 36.6 Å². The Balaban J connectivity index is 4.62. The molecule has 0 unspecified atom stereocenters. The summed E-state index contributed by atoms with van der Waals surface area (Å²) in [4.78, 5) is 67.0. The average molecular weight is 390 g/mol. The minimum Gasteiger partial charge on any atom is -0.481 e. The second-order valence-corrected chi connectivity index (χ2v) is 5.36. The number of hydrogen-bond acceptors (Lipinski definition) is 7. The van der Waals surface area contributed by atoms with Gasteiger partial charge in [0.15, 0.2) is 0 Å². The van der Waals surface area contributed by atoms with Crippen molar-refractivity contribution in [1.29, 1.82) is 0 Å². The summed E-state index contributed by atoms with van der Waals surface area (Å²) in [5, 5.41) is 35.2. The highest BCUT2D eigenvalue weighted by Gasteiger charge is 2.26. The zero-order valence-electron chi connectivity index (χ0n) is 14.4. The van der Waals surface area contributed by atoms with E-state index in [0.29, 0.717) is 6.41 Å². The van der Waals surface area contributed by atoms with Crippen LogP contribution in [0.2, 0.25) is 0 Å². The molecule has 7 N–H and O–H groups in total. The molecule has 0 heterocycles. The van der Waals surface area contributed by atoms with Gasteiger partial charge in [-0.2, -0.15) is 0 Å². The number of hydrogen-bond donors (Lipinski definition) is 7. The fraction of sp³-hybridized carbons (Fsp3) is 0.571. The van der Waals surface area contributed by atoms with Crippen molar-refractivity contribution in [2.45, 2.75) is 37.9 Å². The molecular formula is C14H22N4O9. The topological polar surface area (TPSA) is 211 Å². The van der Waals surface area contributed by atoms with Crippen LogP contribution in [-0.4, -0.2) is 82.7 Å². The van der Waals surface area contributed by atoms with Crippen molar-refractivity contribution in [3.05, 3.63) is 0 Å². The number of aliphatic hydroxyl groups is 1. The first kappa shape index (κ1) is 23.8. The third-order valence-electron chi connectivity index (χ3n) is 3.23. The molecule has 13 heteroatoms. The van der Waals surface area contributed by atoms with Crippen LogP contribution in [0.5, 0.6) is 0 Å². The standard InChI is InChI=1S/C14H22N4O9/c1-7(16-6-20)12(24)15-4-10(21)17-9(5-19)13(25)18-8(14(26)27)2-3-11(22)23/h6-9,19H,2-5H2,1H3,(H,15,24)(H,16,20)(H,17,21)(H,18,25)(H,22,23)(H,26,27)/t7-,8+,9+/m0/s1. The summed E-state index contributed by atoms with van der Waals surface area (Å²) < 4.78 is 0. The van der Waals surface area contributed by atoms with E-state index >= 15 is 0 Å². The monoisotopic (exact) mass is 390 g/mol. The zero-order valence-corrected chi connectivity index (χ0v) is 14.4. The van der Waals surface area contributed by atoms with Gasteiger partial charge in [0.1, 0.15) is 18.1 Å². The number of carbonyl (C=O) groups is 6. The number of aliphatic hydroxyl groups excluding tert-OH is 1. The maximum atomic E-state index is 12.0. The molecular weight excluding hydrogens is 368 g/mol. The molecule has 0 aromatic carbocycles. The lowest BCUT2D eigenvalue weighted by molar-refractivity contribution is -0.143. The van der Waals surface area contributed by atoms with Gasteiger partial charge in [0.05, 0.1) is 13.2 Å². The maximum Gasteiger partial charge on any atom is 0.326 e. The lowest BCUT2D eigenvalue weighted by atomic mass is 10.1. The number of carboxylic acid groups (broad SMARTS) is 2. The summed E-state index contributed by atoms with van der Waals surface area (Å²) in [5.41, 5.74) is 0. The molecule has 0 radical (unpaired) electrons. The third-order valence-corrected chi connectivity index (χ3v) is 3.23. The summed E-state index contributed by atoms with van der Waals surface area (Å²) in [6.07, 6.45) is -0.591. The van der Waals surface area contributed by atoms with Gasteiger partial charge in [0, 0.05) is 6.42 Å². The molecule has 0 saturated carbocycles. The molecule has 152 valence electrons. The van der Waals surface area contributed by atoms with E-state index in [-0.39, 0.29) is 6.42 Å². The molecule has 3 atom stereocenters. The van der Waals surface area contributed by atoms with Gasteiger partial charge in [-0.05, 0) is 13.3 Å². The van der Waals surface area contributed by atoms with Crippen molar-refractivity contribution in [2.75, 3.05) is 13.2 Å². The van der Waals surface area contributed by atoms with Gasteiger partial charge in [-0.25, -0.2) is 4.79 Å². The molecule has 0 aromatic heterocycles. The summed E-state index contributed by atoms with van der Waals surface area (Å²) in [6.45, 7) is -0.0521. The van der Waals surface area contributed by atoms with Gasteiger partial charge >= 0.3 is 11.9 Å². The Hall–Kier alpha value is -3.22. The molecule has 0 aliphatic rings. The predicted molar refractivity (Wildman–Crippen MR) is 87.1 cm³/mol. The minimum atomic E-state index is -1.52. The molecule has 0 aliphatic heterocycles. The molecule has 0 rings (SSSR count). The average Bonchev–Trinajstić information content (AvgIpc) is 2.60. The van der Waals surface area contributed by atoms with Crippen LogP contribution in [0, 0.1) is 0 Å². The largest absolute Gasteiger partial charge is 0.481 e. The Labute approximate surface area is 153 Å². The Morgan fingerprint density at radius 2 is 1.63 bits per heavy atom. The summed E-state index contributed by atoms with van der Waals surface area (Å²) in [5.74, 6) is -5.28. The van der Waals surface area contributed by atoms with Crippen LogP contribution in [0.4, 0.5) is 0 Å². The van der Waals surface area contributed by atoms with Crippen molar-refractivity contribution in [2.24, 2.45) is 0 Å². The normalized spacial score (nSPS) is 13.4. The quantitative estimate of drug-likeness (QED) is 0.153. The van der Waals surface area contributed by atoms with Crippen LogP contribution in [-0.2, 0) is 28.8 Å². The molecule has 27 heavy (non-hydrogen) atoms. The molecule has 0 aliphatic carbocycles. The van der Waals surface area contributed by atoms with Crippen LogP contribution >= 0.6 is 0 Å². The second kappa shape index (κ2) is 12.2. The molecule has 0 saturated heterocycles. The van der Waals surface area contributed by atoms with Gasteiger partial charge in [-0.15, -0.1) is 0 Å². The molecule has 13 nitrogen and oxygen atoms in total. The highest BCUT2D eigenvalue weighted by molar-refractivity contribution is 5.92. The van der Waals surface area contributed by atoms with E-state index in [2.05, 4.69) is 16.0 Å². The van der Waals surface area contributed by atoms with Crippen molar-refractivity contribution in [1.82, 2.24) is 21.3 Å². The van der Waals surface area contributed by atoms with Gasteiger partial charge in [-0.1, -0.05) is 0 Å². The van der Waals surface area contributed by atoms with Crippen LogP contribution < -0.4 is 21.3 Å². The van der Waals surface area contributed by atoms with E-state index in [1.165, 1.54) is 6.92 Å². The predicted octanol–water partition coefficient (Wildman–Crippen LogP) is -3.85.